The Morgan fingerprint density at radius 2 is 0.918 bits per heavy atom. The number of aliphatic hydroxyl groups excluding tert-OH is 1. The van der Waals surface area contributed by atoms with Crippen LogP contribution in [0.1, 0.15) is 128 Å². The molecule has 0 spiro atoms. The first kappa shape index (κ1) is 70.0. The van der Waals surface area contributed by atoms with E-state index in [9.17, 15) is 42.7 Å². The molecule has 0 unspecified atom stereocenters. The van der Waals surface area contributed by atoms with Crippen molar-refractivity contribution in [2.24, 2.45) is 0 Å². The molecule has 464 valence electrons. The van der Waals surface area contributed by atoms with E-state index in [1.165, 1.54) is 52.9 Å². The average Bonchev–Trinajstić information content (AvgIpc) is 3.55. The quantitative estimate of drug-likeness (QED) is 0.0586. The molecule has 6 rings (SSSR count). The van der Waals surface area contributed by atoms with Crippen molar-refractivity contribution in [3.05, 3.63) is 155 Å². The lowest BCUT2D eigenvalue weighted by atomic mass is 9.98. The van der Waals surface area contributed by atoms with Crippen LogP contribution in [0.4, 0.5) is 18.4 Å². The number of likely N-dealkylation sites (N-methyl/N-ethyl adjacent to an activating group) is 2. The van der Waals surface area contributed by atoms with Crippen LogP contribution in [0, 0.1) is 0 Å². The Balaban J connectivity index is 0.000000304. The van der Waals surface area contributed by atoms with E-state index >= 15 is 0 Å². The first-order valence-corrected chi connectivity index (χ1v) is 28.3. The number of carboxylic acids is 1. The number of alkyl halides is 2. The van der Waals surface area contributed by atoms with Crippen molar-refractivity contribution in [2.75, 3.05) is 40.5 Å². The zero-order chi connectivity index (χ0) is 63.1. The van der Waals surface area contributed by atoms with E-state index < -0.39 is 82.9 Å². The van der Waals surface area contributed by atoms with Crippen LogP contribution in [0.3, 0.4) is 0 Å². The Bertz CT molecular complexity index is 2830. The number of carbonyl (C=O) groups is 6. The van der Waals surface area contributed by atoms with Crippen molar-refractivity contribution < 1.29 is 80.9 Å². The van der Waals surface area contributed by atoms with E-state index in [0.29, 0.717) is 19.8 Å². The van der Waals surface area contributed by atoms with E-state index in [0.717, 1.165) is 62.6 Å². The van der Waals surface area contributed by atoms with E-state index in [-0.39, 0.29) is 38.9 Å². The van der Waals surface area contributed by atoms with Gasteiger partial charge >= 0.3 is 36.1 Å². The topological polar surface area (TPSA) is 214 Å². The second-order valence-electron chi connectivity index (χ2n) is 23.9. The van der Waals surface area contributed by atoms with Gasteiger partial charge in [-0.15, -0.1) is 0 Å². The summed E-state index contributed by atoms with van der Waals surface area (Å²) in [6.45, 7) is 18.0. The number of aliphatic carboxylic acids is 1. The molecule has 0 aromatic heterocycles. The molecule has 2 N–H and O–H groups in total. The Labute approximate surface area is 499 Å². The lowest BCUT2D eigenvalue weighted by molar-refractivity contribution is -0.172. The summed E-state index contributed by atoms with van der Waals surface area (Å²) in [5.74, 6) is -3.53. The fourth-order valence-corrected chi connectivity index (χ4v) is 8.46. The highest BCUT2D eigenvalue weighted by molar-refractivity contribution is 5.85. The van der Waals surface area contributed by atoms with Gasteiger partial charge in [0.05, 0.1) is 26.4 Å². The Morgan fingerprint density at radius 1 is 0.529 bits per heavy atom. The van der Waals surface area contributed by atoms with Gasteiger partial charge in [-0.2, -0.15) is 0 Å². The van der Waals surface area contributed by atoms with Gasteiger partial charge in [0.25, 0.3) is 0 Å². The van der Waals surface area contributed by atoms with Gasteiger partial charge < -0.3 is 43.4 Å². The molecule has 2 aliphatic rings. The lowest BCUT2D eigenvalue weighted by Gasteiger charge is -2.32. The SMILES string of the molecule is CN(C(=O)OC(C)(C)C)[C@@H](CC(C)(C)F)C(=O)O.CN(C(=O)OC(C)(C)C)[C@@H](CC(C)(C)F)C(=O)O[C@H](Cc1ccc(C2=CCOCC2)cc1)C(=O)OCc1ccccc1.O=C(OCc1ccccc1)[C@H](O)Cc1ccc(C2=CCOCC2)cc1. The number of amides is 2. The number of rotatable bonds is 21. The maximum absolute atomic E-state index is 14.8. The maximum atomic E-state index is 14.8. The third-order valence-electron chi connectivity index (χ3n) is 12.9. The molecule has 0 fully saturated rings. The molecule has 2 aliphatic heterocycles. The summed E-state index contributed by atoms with van der Waals surface area (Å²) in [4.78, 5) is 76.2. The van der Waals surface area contributed by atoms with Crippen LogP contribution < -0.4 is 0 Å². The summed E-state index contributed by atoms with van der Waals surface area (Å²) in [5.41, 5.74) is 2.92. The van der Waals surface area contributed by atoms with Crippen LogP contribution in [0.2, 0.25) is 0 Å². The summed E-state index contributed by atoms with van der Waals surface area (Å²) in [6.07, 6.45) is 1.40. The predicted molar refractivity (Wildman–Crippen MR) is 318 cm³/mol. The number of ether oxygens (including phenoxy) is 7. The molecule has 0 saturated heterocycles. The van der Waals surface area contributed by atoms with Crippen molar-refractivity contribution in [3.8, 4) is 0 Å². The van der Waals surface area contributed by atoms with E-state index in [2.05, 4.69) is 6.08 Å². The Kier molecular flexibility index (Phi) is 26.9. The average molecular weight is 1190 g/mol. The highest BCUT2D eigenvalue weighted by atomic mass is 19.1. The zero-order valence-corrected chi connectivity index (χ0v) is 51.2. The molecular weight excluding hydrogens is 1100 g/mol. The molecular formula is C66H86F2N2O15. The van der Waals surface area contributed by atoms with Crippen LogP contribution in [0.15, 0.2) is 121 Å². The molecule has 0 aliphatic carbocycles. The first-order chi connectivity index (χ1) is 39.8. The number of hydrogen-bond acceptors (Lipinski definition) is 14. The van der Waals surface area contributed by atoms with E-state index in [4.69, 9.17) is 38.3 Å². The molecule has 0 radical (unpaired) electrons. The highest BCUT2D eigenvalue weighted by Gasteiger charge is 2.39. The van der Waals surface area contributed by atoms with Gasteiger partial charge in [0, 0.05) is 39.8 Å². The van der Waals surface area contributed by atoms with Crippen molar-refractivity contribution in [1.82, 2.24) is 9.80 Å². The Morgan fingerprint density at radius 3 is 1.29 bits per heavy atom. The fourth-order valence-electron chi connectivity index (χ4n) is 8.46. The smallest absolute Gasteiger partial charge is 0.410 e. The minimum absolute atomic E-state index is 0.0123. The lowest BCUT2D eigenvalue weighted by Crippen LogP contribution is -2.49. The normalized spacial score (nSPS) is 15.0. The molecule has 2 heterocycles. The van der Waals surface area contributed by atoms with E-state index in [1.807, 2.05) is 115 Å². The Hall–Kier alpha value is -7.48. The molecule has 85 heavy (non-hydrogen) atoms. The van der Waals surface area contributed by atoms with Crippen molar-refractivity contribution in [2.45, 2.75) is 168 Å². The number of esters is 3. The fraction of sp³-hybridized carbons (Fsp3) is 0.485. The van der Waals surface area contributed by atoms with Crippen LogP contribution in [-0.2, 0) is 78.4 Å². The third kappa shape index (κ3) is 26.5. The van der Waals surface area contributed by atoms with Crippen molar-refractivity contribution in [3.63, 3.8) is 0 Å². The summed E-state index contributed by atoms with van der Waals surface area (Å²) in [7, 11) is 2.64. The van der Waals surface area contributed by atoms with Gasteiger partial charge in [-0.25, -0.2) is 37.5 Å². The van der Waals surface area contributed by atoms with Crippen LogP contribution in [0.25, 0.3) is 11.1 Å². The number of carboxylic acid groups (broad SMARTS) is 1. The summed E-state index contributed by atoms with van der Waals surface area (Å²) < 4.78 is 65.9. The molecule has 2 amide bonds. The van der Waals surface area contributed by atoms with Gasteiger partial charge in [0.15, 0.2) is 6.10 Å². The van der Waals surface area contributed by atoms with Crippen molar-refractivity contribution >= 4 is 47.2 Å². The first-order valence-electron chi connectivity index (χ1n) is 28.3. The zero-order valence-electron chi connectivity index (χ0n) is 51.2. The van der Waals surface area contributed by atoms with Crippen molar-refractivity contribution in [1.29, 1.82) is 0 Å². The van der Waals surface area contributed by atoms with Gasteiger partial charge in [0.1, 0.15) is 47.8 Å². The third-order valence-corrected chi connectivity index (χ3v) is 12.9. The summed E-state index contributed by atoms with van der Waals surface area (Å²) >= 11 is 0. The number of aliphatic hydroxyl groups is 1. The minimum Gasteiger partial charge on any atom is -0.480 e. The largest absolute Gasteiger partial charge is 0.480 e. The number of halogens is 2. The van der Waals surface area contributed by atoms with Gasteiger partial charge in [-0.3, -0.25) is 9.80 Å². The van der Waals surface area contributed by atoms with E-state index in [1.54, 1.807) is 41.5 Å². The molecule has 0 bridgehead atoms. The molecule has 19 heteroatoms. The van der Waals surface area contributed by atoms with Crippen LogP contribution in [0.5, 0.6) is 0 Å². The molecule has 4 aromatic carbocycles. The summed E-state index contributed by atoms with van der Waals surface area (Å²) in [6, 6.07) is 31.5. The van der Waals surface area contributed by atoms with Gasteiger partial charge in [-0.05, 0) is 127 Å². The second kappa shape index (κ2) is 32.7. The molecule has 4 aromatic rings. The predicted octanol–water partition coefficient (Wildman–Crippen LogP) is 11.6. The standard InChI is InChI=1S/C33H42FNO7.C21H22O4.C12H22FNO4/c1-32(2,3)42-31(38)35(6)27(21-33(4,5)34)29(36)41-28(30(37)40-22-24-10-8-7-9-11-24)20-23-12-14-25(15-13-23)26-16-18-39-19-17-26;22-20(21(23)25-15-17-4-2-1-3-5-17)14-16-6-8-18(9-7-16)19-10-12-24-13-11-19;1-11(2,3)18-10(17)14(6)8(9(15)16)7-12(4,5)13/h7-16,27-28H,17-22H2,1-6H3;1-10,20,22H,11-15H2;8H,7H2,1-6H3,(H,15,16)/t27-,28+;20-;8-/m010/s1. The number of nitrogens with zero attached hydrogens (tertiary/aromatic N) is 2. The monoisotopic (exact) mass is 1180 g/mol. The minimum atomic E-state index is -1.82. The number of hydrogen-bond donors (Lipinski definition) is 2. The number of benzene rings is 4. The van der Waals surface area contributed by atoms with Crippen LogP contribution >= 0.6 is 0 Å². The second-order valence-corrected chi connectivity index (χ2v) is 23.9. The maximum Gasteiger partial charge on any atom is 0.410 e. The summed E-state index contributed by atoms with van der Waals surface area (Å²) in [5, 5.41) is 19.1. The highest BCUT2D eigenvalue weighted by Crippen LogP contribution is 2.27. The number of carbonyl (C=O) groups excluding carboxylic acids is 5. The molecule has 4 atom stereocenters. The molecule has 0 saturated carbocycles. The van der Waals surface area contributed by atoms with Crippen LogP contribution in [-0.4, -0.2) is 143 Å². The molecule has 17 nitrogen and oxygen atoms in total. The van der Waals surface area contributed by atoms with Gasteiger partial charge in [0.2, 0.25) is 6.10 Å². The van der Waals surface area contributed by atoms with Gasteiger partial charge in [-0.1, -0.05) is 121 Å².